The summed E-state index contributed by atoms with van der Waals surface area (Å²) in [7, 11) is 0. The molecule has 0 radical (unpaired) electrons. The topological polar surface area (TPSA) is 0 Å². The van der Waals surface area contributed by atoms with Gasteiger partial charge in [-0.3, -0.25) is 0 Å². The molecule has 0 N–H and O–H groups in total. The third kappa shape index (κ3) is 5.26. The van der Waals surface area contributed by atoms with Gasteiger partial charge in [-0.25, -0.2) is 0 Å². The Morgan fingerprint density at radius 1 is 0.647 bits per heavy atom. The van der Waals surface area contributed by atoms with Gasteiger partial charge >= 0.3 is 0 Å². The summed E-state index contributed by atoms with van der Waals surface area (Å²) in [5.41, 5.74) is 9.91. The second-order valence-electron chi connectivity index (χ2n) is 4.85. The molecule has 0 fully saturated rings. The van der Waals surface area contributed by atoms with E-state index in [2.05, 4.69) is 23.6 Å². The van der Waals surface area contributed by atoms with E-state index >= 15 is 0 Å². The first kappa shape index (κ1) is 14.8. The van der Waals surface area contributed by atoms with Gasteiger partial charge in [0.05, 0.1) is 0 Å². The fourth-order valence-electron chi connectivity index (χ4n) is 2.46. The van der Waals surface area contributed by atoms with Crippen molar-refractivity contribution in [3.8, 4) is 0 Å². The zero-order valence-electron chi connectivity index (χ0n) is 10.5. The molecule has 0 amide bonds. The molecule has 0 saturated heterocycles. The number of allylic oxidation sites excluding steroid dienone is 2. The van der Waals surface area contributed by atoms with Crippen LogP contribution in [0.25, 0.3) is 0 Å². The van der Waals surface area contributed by atoms with Crippen molar-refractivity contribution in [2.24, 2.45) is 0 Å². The Labute approximate surface area is 120 Å². The Kier molecular flexibility index (Phi) is 7.63. The Hall–Kier alpha value is -0.272. The molecule has 0 aromatic rings. The van der Waals surface area contributed by atoms with Crippen LogP contribution in [0.15, 0.2) is 34.8 Å². The molecule has 0 unspecified atom stereocenters. The van der Waals surface area contributed by atoms with E-state index in [0.717, 1.165) is 0 Å². The van der Waals surface area contributed by atoms with Crippen molar-refractivity contribution in [3.63, 3.8) is 0 Å². The minimum absolute atomic E-state index is 0. The number of hydrogen-bond donors (Lipinski definition) is 0. The van der Waals surface area contributed by atoms with Crippen LogP contribution in [0.1, 0.15) is 64.2 Å². The first-order valence-corrected chi connectivity index (χ1v) is 6.85. The van der Waals surface area contributed by atoms with Gasteiger partial charge in [-0.2, -0.15) is 0 Å². The summed E-state index contributed by atoms with van der Waals surface area (Å²) in [6.45, 7) is 0. The molecule has 0 atom stereocenters. The van der Waals surface area contributed by atoms with Crippen LogP contribution < -0.4 is 0 Å². The molecule has 0 heterocycles. The van der Waals surface area contributed by atoms with E-state index in [1.54, 1.807) is 0 Å². The van der Waals surface area contributed by atoms with Crippen molar-refractivity contribution in [1.29, 1.82) is 0 Å². The van der Waals surface area contributed by atoms with Crippen LogP contribution in [-0.4, -0.2) is 0 Å². The summed E-state index contributed by atoms with van der Waals surface area (Å²) in [5, 5.41) is 0. The van der Waals surface area contributed by atoms with E-state index < -0.39 is 0 Å². The maximum Gasteiger partial charge on any atom is 0.00453 e. The van der Waals surface area contributed by atoms with E-state index in [0.29, 0.717) is 0 Å². The molecule has 17 heavy (non-hydrogen) atoms. The summed E-state index contributed by atoms with van der Waals surface area (Å²) in [6.07, 6.45) is 17.4. The zero-order chi connectivity index (χ0) is 11.1. The molecule has 0 aromatic heterocycles. The van der Waals surface area contributed by atoms with Crippen molar-refractivity contribution < 1.29 is 21.1 Å². The van der Waals surface area contributed by atoms with Gasteiger partial charge in [0.2, 0.25) is 0 Å². The van der Waals surface area contributed by atoms with Gasteiger partial charge in [0.1, 0.15) is 0 Å². The summed E-state index contributed by atoms with van der Waals surface area (Å²) in [4.78, 5) is 0. The average Bonchev–Trinajstić information content (AvgIpc) is 2.18. The number of rotatable bonds is 1. The number of hydrogen-bond acceptors (Lipinski definition) is 0. The Morgan fingerprint density at radius 3 is 1.59 bits per heavy atom. The molecule has 2 rings (SSSR count). The van der Waals surface area contributed by atoms with Gasteiger partial charge in [0.25, 0.3) is 0 Å². The normalized spacial score (nSPS) is 21.2. The minimum atomic E-state index is 0. The summed E-state index contributed by atoms with van der Waals surface area (Å²) < 4.78 is 0. The predicted molar refractivity (Wildman–Crippen MR) is 69.4 cm³/mol. The van der Waals surface area contributed by atoms with Crippen LogP contribution in [0.3, 0.4) is 0 Å². The molecule has 0 bridgehead atoms. The van der Waals surface area contributed by atoms with Crippen molar-refractivity contribution in [1.82, 2.24) is 0 Å². The average molecular weight is 409 g/mol. The van der Waals surface area contributed by atoms with Gasteiger partial charge in [-0.05, 0) is 63.5 Å². The second-order valence-corrected chi connectivity index (χ2v) is 4.85. The molecule has 0 aromatic carbocycles. The van der Waals surface area contributed by atoms with Crippen molar-refractivity contribution in [2.45, 2.75) is 64.2 Å². The van der Waals surface area contributed by atoms with Gasteiger partial charge in [-0.1, -0.05) is 12.8 Å². The van der Waals surface area contributed by atoms with Crippen molar-refractivity contribution in [3.05, 3.63) is 34.8 Å². The van der Waals surface area contributed by atoms with E-state index in [1.807, 2.05) is 0 Å². The second kappa shape index (κ2) is 8.77. The van der Waals surface area contributed by atoms with Crippen LogP contribution in [0.4, 0.5) is 0 Å². The van der Waals surface area contributed by atoms with Gasteiger partial charge in [0.15, 0.2) is 0 Å². The molecule has 0 aliphatic heterocycles. The molecule has 2 aliphatic carbocycles. The molecular weight excluding hydrogens is 387 g/mol. The van der Waals surface area contributed by atoms with Gasteiger partial charge < -0.3 is 0 Å². The predicted octanol–water partition coefficient (Wildman–Crippen LogP) is 5.08. The first-order chi connectivity index (χ1) is 7.97. The molecule has 0 spiro atoms. The Morgan fingerprint density at radius 2 is 1.12 bits per heavy atom. The maximum absolute atomic E-state index is 3.51. The maximum atomic E-state index is 3.51. The largest absolute Gasteiger partial charge is 0.121 e. The third-order valence-corrected chi connectivity index (χ3v) is 3.47. The molecular formula is C16H22Pt. The fourth-order valence-corrected chi connectivity index (χ4v) is 2.46. The van der Waals surface area contributed by atoms with E-state index in [4.69, 9.17) is 0 Å². The summed E-state index contributed by atoms with van der Waals surface area (Å²) in [6, 6.07) is 0. The molecule has 0 saturated carbocycles. The van der Waals surface area contributed by atoms with E-state index in [1.165, 1.54) is 75.4 Å². The quantitative estimate of drug-likeness (QED) is 0.530. The Bertz CT molecular complexity index is 314. The fraction of sp³-hybridized carbons (Fsp3) is 0.625. The summed E-state index contributed by atoms with van der Waals surface area (Å²) in [5.74, 6) is 0. The Balaban J connectivity index is 0.00000144. The van der Waals surface area contributed by atoms with Crippen LogP contribution in [0.2, 0.25) is 0 Å². The van der Waals surface area contributed by atoms with Crippen LogP contribution in [0.5, 0.6) is 0 Å². The standard InChI is InChI=1S/C16H22.Pt/c1-3-7-11-15(12-8-4-1)16-13-9-5-2-6-10-14-16;/h7,9H,1-6,8,10,12,14H2;. The molecule has 2 aliphatic rings. The summed E-state index contributed by atoms with van der Waals surface area (Å²) >= 11 is 0. The first-order valence-electron chi connectivity index (χ1n) is 6.85. The van der Waals surface area contributed by atoms with E-state index in [9.17, 15) is 0 Å². The SMILES string of the molecule is C1=CCCCCCC=1C1=C=CCCCCC1.[Pt]. The zero-order valence-corrected chi connectivity index (χ0v) is 12.8. The van der Waals surface area contributed by atoms with Gasteiger partial charge in [0, 0.05) is 32.2 Å². The van der Waals surface area contributed by atoms with Crippen molar-refractivity contribution in [2.75, 3.05) is 0 Å². The molecule has 0 nitrogen and oxygen atoms in total. The van der Waals surface area contributed by atoms with Crippen LogP contribution in [-0.2, 0) is 21.1 Å². The smallest absolute Gasteiger partial charge is 0.00453 e. The molecule has 96 valence electrons. The van der Waals surface area contributed by atoms with Crippen molar-refractivity contribution >= 4 is 0 Å². The third-order valence-electron chi connectivity index (χ3n) is 3.47. The van der Waals surface area contributed by atoms with Crippen LogP contribution >= 0.6 is 0 Å². The minimum Gasteiger partial charge on any atom is -0.121 e. The van der Waals surface area contributed by atoms with Crippen LogP contribution in [0, 0.1) is 0 Å². The van der Waals surface area contributed by atoms with Gasteiger partial charge in [-0.15, -0.1) is 11.5 Å². The molecule has 1 heteroatoms. The monoisotopic (exact) mass is 409 g/mol. The van der Waals surface area contributed by atoms with E-state index in [-0.39, 0.29) is 21.1 Å².